The van der Waals surface area contributed by atoms with Gasteiger partial charge in [0.25, 0.3) is 0 Å². The minimum absolute atomic E-state index is 0.0349. The second-order valence-corrected chi connectivity index (χ2v) is 8.70. The average molecular weight is 376 g/mol. The molecule has 0 radical (unpaired) electrons. The number of nitrogens with zero attached hydrogens (tertiary/aromatic N) is 1. The van der Waals surface area contributed by atoms with Gasteiger partial charge in [0, 0.05) is 11.4 Å². The number of sulfone groups is 1. The van der Waals surface area contributed by atoms with Crippen molar-refractivity contribution in [3.63, 3.8) is 0 Å². The predicted octanol–water partition coefficient (Wildman–Crippen LogP) is 2.77. The number of aryl methyl sites for hydroxylation is 1. The number of anilines is 2. The number of hydrogen-bond donors (Lipinski definition) is 1. The average Bonchev–Trinajstić information content (AvgIpc) is 2.96. The van der Waals surface area contributed by atoms with Crippen LogP contribution in [-0.2, 0) is 14.6 Å². The van der Waals surface area contributed by atoms with E-state index in [0.717, 1.165) is 0 Å². The molecule has 1 unspecified atom stereocenters. The van der Waals surface area contributed by atoms with E-state index in [9.17, 15) is 17.6 Å². The summed E-state index contributed by atoms with van der Waals surface area (Å²) in [6, 6.07) is 13.3. The summed E-state index contributed by atoms with van der Waals surface area (Å²) in [5.41, 5.74) is 1.70. The molecule has 0 aromatic heterocycles. The monoisotopic (exact) mass is 376 g/mol. The smallest absolute Gasteiger partial charge is 0.246 e. The lowest BCUT2D eigenvalue weighted by molar-refractivity contribution is -0.117. The zero-order chi connectivity index (χ0) is 18.7. The molecule has 1 saturated heterocycles. The molecule has 2 aromatic rings. The Kier molecular flexibility index (Phi) is 5.27. The summed E-state index contributed by atoms with van der Waals surface area (Å²) in [5, 5.41) is 2.93. The standard InChI is InChI=1S/C19H21FN2O3S/c1-14-7-8-15(11-18(14)20)21-12-19(23)22(16-5-3-2-4-6-16)17-9-10-26(24,25)13-17/h2-8,11,17,21H,9-10,12-13H2,1H3. The maximum absolute atomic E-state index is 13.7. The molecule has 0 saturated carbocycles. The highest BCUT2D eigenvalue weighted by Crippen LogP contribution is 2.24. The van der Waals surface area contributed by atoms with Crippen molar-refractivity contribution in [2.45, 2.75) is 19.4 Å². The summed E-state index contributed by atoms with van der Waals surface area (Å²) in [7, 11) is -3.12. The van der Waals surface area contributed by atoms with Crippen LogP contribution in [-0.4, -0.2) is 38.4 Å². The summed E-state index contributed by atoms with van der Waals surface area (Å²) in [4.78, 5) is 14.4. The van der Waals surface area contributed by atoms with Crippen LogP contribution in [0.1, 0.15) is 12.0 Å². The third-order valence-electron chi connectivity index (χ3n) is 4.49. The molecule has 5 nitrogen and oxygen atoms in total. The van der Waals surface area contributed by atoms with E-state index >= 15 is 0 Å². The van der Waals surface area contributed by atoms with Crippen molar-refractivity contribution in [2.24, 2.45) is 0 Å². The van der Waals surface area contributed by atoms with Crippen molar-refractivity contribution >= 4 is 27.1 Å². The van der Waals surface area contributed by atoms with Gasteiger partial charge >= 0.3 is 0 Å². The maximum Gasteiger partial charge on any atom is 0.246 e. The summed E-state index contributed by atoms with van der Waals surface area (Å²) in [6.07, 6.45) is 0.419. The van der Waals surface area contributed by atoms with Gasteiger partial charge in [-0.2, -0.15) is 0 Å². The van der Waals surface area contributed by atoms with Crippen molar-refractivity contribution in [1.29, 1.82) is 0 Å². The van der Waals surface area contributed by atoms with Crippen LogP contribution in [0.4, 0.5) is 15.8 Å². The van der Waals surface area contributed by atoms with Gasteiger partial charge in [-0.3, -0.25) is 4.79 Å². The third kappa shape index (κ3) is 4.22. The summed E-state index contributed by atoms with van der Waals surface area (Å²) < 4.78 is 37.4. The zero-order valence-electron chi connectivity index (χ0n) is 14.5. The first kappa shape index (κ1) is 18.4. The van der Waals surface area contributed by atoms with Gasteiger partial charge in [0.2, 0.25) is 5.91 Å². The van der Waals surface area contributed by atoms with Crippen molar-refractivity contribution in [3.8, 4) is 0 Å². The molecule has 1 heterocycles. The molecule has 1 fully saturated rings. The first-order chi connectivity index (χ1) is 12.4. The Hall–Kier alpha value is -2.41. The number of benzene rings is 2. The Morgan fingerprint density at radius 2 is 1.96 bits per heavy atom. The molecular weight excluding hydrogens is 355 g/mol. The van der Waals surface area contributed by atoms with E-state index in [1.807, 2.05) is 18.2 Å². The fourth-order valence-electron chi connectivity index (χ4n) is 3.09. The molecule has 1 aliphatic rings. The first-order valence-corrected chi connectivity index (χ1v) is 10.3. The van der Waals surface area contributed by atoms with Crippen LogP contribution in [0.3, 0.4) is 0 Å². The number of para-hydroxylation sites is 1. The number of nitrogens with one attached hydrogen (secondary N) is 1. The predicted molar refractivity (Wildman–Crippen MR) is 101 cm³/mol. The Bertz CT molecular complexity index is 900. The van der Waals surface area contributed by atoms with Crippen LogP contribution in [0, 0.1) is 12.7 Å². The topological polar surface area (TPSA) is 66.5 Å². The van der Waals surface area contributed by atoms with E-state index in [1.54, 1.807) is 36.1 Å². The highest BCUT2D eigenvalue weighted by molar-refractivity contribution is 7.91. The Balaban J connectivity index is 1.78. The molecule has 0 aliphatic carbocycles. The number of carbonyl (C=O) groups is 1. The fraction of sp³-hybridized carbons (Fsp3) is 0.316. The molecule has 3 rings (SSSR count). The summed E-state index contributed by atoms with van der Waals surface area (Å²) >= 11 is 0. The van der Waals surface area contributed by atoms with Crippen molar-refractivity contribution in [2.75, 3.05) is 28.3 Å². The highest BCUT2D eigenvalue weighted by atomic mass is 32.2. The molecule has 1 amide bonds. The Morgan fingerprint density at radius 1 is 1.23 bits per heavy atom. The second-order valence-electron chi connectivity index (χ2n) is 6.47. The van der Waals surface area contributed by atoms with E-state index in [1.165, 1.54) is 6.07 Å². The summed E-state index contributed by atoms with van der Waals surface area (Å²) in [6.45, 7) is 1.62. The molecule has 1 N–H and O–H groups in total. The minimum Gasteiger partial charge on any atom is -0.376 e. The zero-order valence-corrected chi connectivity index (χ0v) is 15.3. The van der Waals surface area contributed by atoms with Gasteiger partial charge in [-0.1, -0.05) is 24.3 Å². The van der Waals surface area contributed by atoms with Crippen LogP contribution in [0.2, 0.25) is 0 Å². The minimum atomic E-state index is -3.12. The first-order valence-electron chi connectivity index (χ1n) is 8.43. The second kappa shape index (κ2) is 7.45. The van der Waals surface area contributed by atoms with Crippen molar-refractivity contribution in [3.05, 3.63) is 59.9 Å². The molecule has 1 aliphatic heterocycles. The van der Waals surface area contributed by atoms with Gasteiger partial charge in [0.15, 0.2) is 9.84 Å². The number of hydrogen-bond acceptors (Lipinski definition) is 4. The summed E-state index contributed by atoms with van der Waals surface area (Å²) in [5.74, 6) is -0.541. The molecule has 2 aromatic carbocycles. The number of carbonyl (C=O) groups excluding carboxylic acids is 1. The lowest BCUT2D eigenvalue weighted by atomic mass is 10.1. The molecule has 7 heteroatoms. The third-order valence-corrected chi connectivity index (χ3v) is 6.24. The molecule has 138 valence electrons. The molecular formula is C19H21FN2O3S. The number of amides is 1. The number of halogens is 1. The van der Waals surface area contributed by atoms with Crippen LogP contribution in [0.25, 0.3) is 0 Å². The van der Waals surface area contributed by atoms with Gasteiger partial charge in [-0.15, -0.1) is 0 Å². The van der Waals surface area contributed by atoms with E-state index < -0.39 is 9.84 Å². The van der Waals surface area contributed by atoms with Gasteiger partial charge in [-0.25, -0.2) is 12.8 Å². The SMILES string of the molecule is Cc1ccc(NCC(=O)N(c2ccccc2)C2CCS(=O)(=O)C2)cc1F. The van der Waals surface area contributed by atoms with Gasteiger partial charge in [0.05, 0.1) is 24.1 Å². The Labute approximate surface area is 152 Å². The van der Waals surface area contributed by atoms with Crippen LogP contribution < -0.4 is 10.2 Å². The largest absolute Gasteiger partial charge is 0.376 e. The van der Waals surface area contributed by atoms with E-state index in [2.05, 4.69) is 5.32 Å². The molecule has 1 atom stereocenters. The van der Waals surface area contributed by atoms with Gasteiger partial charge in [0.1, 0.15) is 5.82 Å². The van der Waals surface area contributed by atoms with Crippen molar-refractivity contribution in [1.82, 2.24) is 0 Å². The lowest BCUT2D eigenvalue weighted by Gasteiger charge is -2.28. The van der Waals surface area contributed by atoms with Gasteiger partial charge < -0.3 is 10.2 Å². The highest BCUT2D eigenvalue weighted by Gasteiger charge is 2.35. The van der Waals surface area contributed by atoms with Crippen LogP contribution in [0.5, 0.6) is 0 Å². The lowest BCUT2D eigenvalue weighted by Crippen LogP contribution is -2.44. The number of rotatable bonds is 5. The normalized spacial score (nSPS) is 18.5. The fourth-order valence-corrected chi connectivity index (χ4v) is 4.79. The van der Waals surface area contributed by atoms with E-state index in [-0.39, 0.29) is 35.8 Å². The molecule has 0 bridgehead atoms. The van der Waals surface area contributed by atoms with Crippen LogP contribution in [0.15, 0.2) is 48.5 Å². The quantitative estimate of drug-likeness (QED) is 0.871. The van der Waals surface area contributed by atoms with Crippen LogP contribution >= 0.6 is 0 Å². The maximum atomic E-state index is 13.7. The van der Waals surface area contributed by atoms with Gasteiger partial charge in [-0.05, 0) is 43.2 Å². The Morgan fingerprint density at radius 3 is 2.58 bits per heavy atom. The van der Waals surface area contributed by atoms with E-state index in [0.29, 0.717) is 23.4 Å². The molecule has 26 heavy (non-hydrogen) atoms. The van der Waals surface area contributed by atoms with E-state index in [4.69, 9.17) is 0 Å². The van der Waals surface area contributed by atoms with Crippen molar-refractivity contribution < 1.29 is 17.6 Å². The molecule has 0 spiro atoms.